The summed E-state index contributed by atoms with van der Waals surface area (Å²) in [4.78, 5) is 25.3. The number of nitrogens with zero attached hydrogens (tertiary/aromatic N) is 1. The second kappa shape index (κ2) is 7.99. The number of amides is 2. The standard InChI is InChI=1S/C21H21N5O3/c1-26(21(28)29)18-10-15(8-13-4-5-14(19(23)24)9-17(13)18)20(27)25-16-6-2-12(11-22)3-7-16/h2-10H,11,22H2,1H3,(H3,23,24)(H,25,27)(H,28,29). The van der Waals surface area contributed by atoms with Gasteiger partial charge in [0, 0.05) is 35.8 Å². The minimum absolute atomic E-state index is 0.126. The first-order valence-corrected chi connectivity index (χ1v) is 8.79. The van der Waals surface area contributed by atoms with E-state index in [0.717, 1.165) is 10.5 Å². The summed E-state index contributed by atoms with van der Waals surface area (Å²) in [6, 6.07) is 15.3. The van der Waals surface area contributed by atoms with Crippen LogP contribution in [-0.2, 0) is 6.54 Å². The van der Waals surface area contributed by atoms with Gasteiger partial charge in [-0.05, 0) is 41.3 Å². The van der Waals surface area contributed by atoms with Crippen molar-refractivity contribution in [3.05, 3.63) is 71.3 Å². The summed E-state index contributed by atoms with van der Waals surface area (Å²) in [6.07, 6.45) is -1.17. The highest BCUT2D eigenvalue weighted by Crippen LogP contribution is 2.30. The van der Waals surface area contributed by atoms with Gasteiger partial charge in [-0.15, -0.1) is 0 Å². The summed E-state index contributed by atoms with van der Waals surface area (Å²) in [5.74, 6) is -0.498. The van der Waals surface area contributed by atoms with Crippen molar-refractivity contribution >= 4 is 40.0 Å². The van der Waals surface area contributed by atoms with Crippen molar-refractivity contribution < 1.29 is 14.7 Å². The lowest BCUT2D eigenvalue weighted by Gasteiger charge is -2.18. The molecule has 0 aliphatic rings. The topological polar surface area (TPSA) is 146 Å². The smallest absolute Gasteiger partial charge is 0.411 e. The van der Waals surface area contributed by atoms with Crippen molar-refractivity contribution in [3.8, 4) is 0 Å². The van der Waals surface area contributed by atoms with Gasteiger partial charge in [-0.2, -0.15) is 0 Å². The summed E-state index contributed by atoms with van der Waals surface area (Å²) < 4.78 is 0. The van der Waals surface area contributed by atoms with Gasteiger partial charge in [0.1, 0.15) is 5.84 Å². The van der Waals surface area contributed by atoms with Crippen LogP contribution in [0.4, 0.5) is 16.2 Å². The number of nitrogens with two attached hydrogens (primary N) is 2. The Hall–Kier alpha value is -3.91. The largest absolute Gasteiger partial charge is 0.465 e. The van der Waals surface area contributed by atoms with Gasteiger partial charge >= 0.3 is 6.09 Å². The third kappa shape index (κ3) is 4.17. The van der Waals surface area contributed by atoms with E-state index in [1.54, 1.807) is 36.4 Å². The van der Waals surface area contributed by atoms with E-state index >= 15 is 0 Å². The van der Waals surface area contributed by atoms with E-state index in [1.165, 1.54) is 13.1 Å². The van der Waals surface area contributed by atoms with Gasteiger partial charge in [0.15, 0.2) is 0 Å². The van der Waals surface area contributed by atoms with Crippen molar-refractivity contribution in [1.82, 2.24) is 0 Å². The molecule has 0 aliphatic heterocycles. The molecule has 0 aliphatic carbocycles. The summed E-state index contributed by atoms with van der Waals surface area (Å²) in [5.41, 5.74) is 13.8. The SMILES string of the molecule is CN(C(=O)O)c1cc(C(=O)Nc2ccc(CN)cc2)cc2ccc(C(=N)N)cc12. The van der Waals surface area contributed by atoms with Crippen LogP contribution in [-0.4, -0.2) is 30.0 Å². The van der Waals surface area contributed by atoms with E-state index in [-0.39, 0.29) is 11.7 Å². The number of carbonyl (C=O) groups excluding carboxylic acids is 1. The number of benzene rings is 3. The summed E-state index contributed by atoms with van der Waals surface area (Å²) in [7, 11) is 1.39. The lowest BCUT2D eigenvalue weighted by Crippen LogP contribution is -2.25. The van der Waals surface area contributed by atoms with Crippen LogP contribution in [0.15, 0.2) is 54.6 Å². The number of fused-ring (bicyclic) bond motifs is 1. The third-order valence-electron chi connectivity index (χ3n) is 4.60. The maximum absolute atomic E-state index is 12.8. The highest BCUT2D eigenvalue weighted by molar-refractivity contribution is 6.12. The van der Waals surface area contributed by atoms with Crippen LogP contribution in [0, 0.1) is 5.41 Å². The molecular formula is C21H21N5O3. The Morgan fingerprint density at radius 3 is 2.34 bits per heavy atom. The molecule has 0 spiro atoms. The van der Waals surface area contributed by atoms with Crippen LogP contribution in [0.3, 0.4) is 0 Å². The fourth-order valence-electron chi connectivity index (χ4n) is 2.94. The molecule has 3 aromatic rings. The van der Waals surface area contributed by atoms with Gasteiger partial charge in [0.2, 0.25) is 0 Å². The van der Waals surface area contributed by atoms with E-state index in [1.807, 2.05) is 12.1 Å². The number of hydrogen-bond acceptors (Lipinski definition) is 4. The van der Waals surface area contributed by atoms with Crippen LogP contribution >= 0.6 is 0 Å². The van der Waals surface area contributed by atoms with Crippen molar-refractivity contribution in [1.29, 1.82) is 5.41 Å². The van der Waals surface area contributed by atoms with Crippen LogP contribution in [0.1, 0.15) is 21.5 Å². The molecule has 0 heterocycles. The minimum atomic E-state index is -1.17. The molecule has 3 aromatic carbocycles. The van der Waals surface area contributed by atoms with Crippen molar-refractivity contribution in [3.63, 3.8) is 0 Å². The van der Waals surface area contributed by atoms with E-state index in [9.17, 15) is 14.7 Å². The predicted molar refractivity (Wildman–Crippen MR) is 114 cm³/mol. The number of hydrogen-bond donors (Lipinski definition) is 5. The fourth-order valence-corrected chi connectivity index (χ4v) is 2.94. The Balaban J connectivity index is 2.05. The number of carboxylic acid groups (broad SMARTS) is 1. The Labute approximate surface area is 167 Å². The molecular weight excluding hydrogens is 370 g/mol. The Bertz CT molecular complexity index is 1110. The summed E-state index contributed by atoms with van der Waals surface area (Å²) in [5, 5.41) is 21.1. The number of rotatable bonds is 5. The molecule has 8 heteroatoms. The Morgan fingerprint density at radius 1 is 1.07 bits per heavy atom. The second-order valence-corrected chi connectivity index (χ2v) is 6.54. The van der Waals surface area contributed by atoms with Gasteiger partial charge in [-0.1, -0.05) is 24.3 Å². The maximum atomic E-state index is 12.8. The molecule has 8 nitrogen and oxygen atoms in total. The van der Waals surface area contributed by atoms with E-state index in [2.05, 4.69) is 5.32 Å². The lowest BCUT2D eigenvalue weighted by molar-refractivity contribution is 0.102. The molecule has 3 rings (SSSR count). The highest BCUT2D eigenvalue weighted by atomic mass is 16.4. The monoisotopic (exact) mass is 391 g/mol. The Kier molecular flexibility index (Phi) is 5.47. The Morgan fingerprint density at radius 2 is 1.76 bits per heavy atom. The van der Waals surface area contributed by atoms with Crippen LogP contribution in [0.2, 0.25) is 0 Å². The number of carbonyl (C=O) groups is 2. The predicted octanol–water partition coefficient (Wildman–Crippen LogP) is 2.95. The molecule has 0 bridgehead atoms. The van der Waals surface area contributed by atoms with Crippen LogP contribution < -0.4 is 21.7 Å². The number of nitrogen functional groups attached to an aromatic ring is 1. The lowest BCUT2D eigenvalue weighted by atomic mass is 10.0. The van der Waals surface area contributed by atoms with Crippen molar-refractivity contribution in [2.45, 2.75) is 6.54 Å². The maximum Gasteiger partial charge on any atom is 0.411 e. The molecule has 0 aromatic heterocycles. The van der Waals surface area contributed by atoms with Crippen LogP contribution in [0.25, 0.3) is 10.8 Å². The molecule has 0 atom stereocenters. The molecule has 0 unspecified atom stereocenters. The molecule has 148 valence electrons. The molecule has 0 radical (unpaired) electrons. The molecule has 29 heavy (non-hydrogen) atoms. The zero-order chi connectivity index (χ0) is 21.1. The molecule has 0 saturated carbocycles. The van der Waals surface area contributed by atoms with Gasteiger partial charge in [0.25, 0.3) is 5.91 Å². The number of amidine groups is 1. The van der Waals surface area contributed by atoms with E-state index in [4.69, 9.17) is 16.9 Å². The second-order valence-electron chi connectivity index (χ2n) is 6.54. The first-order chi connectivity index (χ1) is 13.8. The van der Waals surface area contributed by atoms with Crippen LogP contribution in [0.5, 0.6) is 0 Å². The molecule has 0 fully saturated rings. The average Bonchev–Trinajstić information content (AvgIpc) is 2.72. The molecule has 2 amide bonds. The third-order valence-corrected chi connectivity index (χ3v) is 4.60. The molecule has 0 saturated heterocycles. The molecule has 7 N–H and O–H groups in total. The zero-order valence-corrected chi connectivity index (χ0v) is 15.8. The normalized spacial score (nSPS) is 10.6. The first kappa shape index (κ1) is 19.8. The van der Waals surface area contributed by atoms with E-state index < -0.39 is 6.09 Å². The van der Waals surface area contributed by atoms with E-state index in [0.29, 0.717) is 39.8 Å². The first-order valence-electron chi connectivity index (χ1n) is 8.79. The van der Waals surface area contributed by atoms with Crippen molar-refractivity contribution in [2.75, 3.05) is 17.3 Å². The zero-order valence-electron chi connectivity index (χ0n) is 15.8. The van der Waals surface area contributed by atoms with Gasteiger partial charge in [-0.3, -0.25) is 15.1 Å². The number of anilines is 2. The van der Waals surface area contributed by atoms with Crippen molar-refractivity contribution in [2.24, 2.45) is 11.5 Å². The highest BCUT2D eigenvalue weighted by Gasteiger charge is 2.17. The average molecular weight is 391 g/mol. The van der Waals surface area contributed by atoms with Gasteiger partial charge in [-0.25, -0.2) is 4.79 Å². The summed E-state index contributed by atoms with van der Waals surface area (Å²) >= 11 is 0. The fraction of sp³-hybridized carbons (Fsp3) is 0.0952. The van der Waals surface area contributed by atoms with Gasteiger partial charge in [0.05, 0.1) is 5.69 Å². The number of nitrogens with one attached hydrogen (secondary N) is 2. The quantitative estimate of drug-likeness (QED) is 0.335. The summed E-state index contributed by atoms with van der Waals surface area (Å²) in [6.45, 7) is 0.409. The van der Waals surface area contributed by atoms with Gasteiger partial charge < -0.3 is 21.9 Å². The minimum Gasteiger partial charge on any atom is -0.465 e.